The van der Waals surface area contributed by atoms with E-state index in [1.165, 1.54) is 0 Å². The zero-order chi connectivity index (χ0) is 20.1. The van der Waals surface area contributed by atoms with E-state index in [1.54, 1.807) is 18.6 Å². The molecule has 0 spiro atoms. The molecule has 5 rings (SSSR count). The Bertz CT molecular complexity index is 1070. The van der Waals surface area contributed by atoms with Gasteiger partial charge in [-0.3, -0.25) is 4.99 Å². The summed E-state index contributed by atoms with van der Waals surface area (Å²) in [4.78, 5) is 8.84. The summed E-state index contributed by atoms with van der Waals surface area (Å²) in [5.41, 5.74) is 2.05. The Labute approximate surface area is 166 Å². The molecule has 1 saturated carbocycles. The molecular weight excluding hydrogens is 374 g/mol. The number of allylic oxidation sites excluding steroid dienone is 2. The highest BCUT2D eigenvalue weighted by molar-refractivity contribution is 6.00. The first-order valence-electron chi connectivity index (χ1n) is 9.38. The van der Waals surface area contributed by atoms with Crippen LogP contribution in [-0.2, 0) is 0 Å². The smallest absolute Gasteiger partial charge is 0.264 e. The van der Waals surface area contributed by atoms with E-state index in [0.29, 0.717) is 23.0 Å². The molecule has 0 saturated heterocycles. The quantitative estimate of drug-likeness (QED) is 0.602. The van der Waals surface area contributed by atoms with Crippen LogP contribution in [0.4, 0.5) is 8.78 Å². The van der Waals surface area contributed by atoms with Crippen molar-refractivity contribution in [3.05, 3.63) is 84.0 Å². The summed E-state index contributed by atoms with van der Waals surface area (Å²) in [5, 5.41) is 0. The minimum atomic E-state index is -2.63. The van der Waals surface area contributed by atoms with Crippen LogP contribution in [0.2, 0.25) is 0 Å². The lowest BCUT2D eigenvalue weighted by Crippen LogP contribution is -2.53. The third-order valence-electron chi connectivity index (χ3n) is 5.39. The number of nitrogens with zero attached hydrogens (tertiary/aromatic N) is 3. The lowest BCUT2D eigenvalue weighted by molar-refractivity contribution is -0.750. The van der Waals surface area contributed by atoms with Crippen molar-refractivity contribution in [2.75, 3.05) is 0 Å². The second kappa shape index (κ2) is 6.43. The third-order valence-corrected chi connectivity index (χ3v) is 5.39. The zero-order valence-electron chi connectivity index (χ0n) is 15.5. The summed E-state index contributed by atoms with van der Waals surface area (Å²) >= 11 is 0. The number of benzene rings is 2. The van der Waals surface area contributed by atoms with Crippen molar-refractivity contribution in [2.45, 2.75) is 18.8 Å². The molecule has 0 aromatic heterocycles. The van der Waals surface area contributed by atoms with Gasteiger partial charge in [-0.05, 0) is 36.4 Å². The number of fused-ring (bicyclic) bond motifs is 1. The number of ether oxygens (including phenoxy) is 1. The van der Waals surface area contributed by atoms with E-state index in [9.17, 15) is 8.78 Å². The molecule has 2 N–H and O–H groups in total. The molecule has 1 aliphatic carbocycles. The molecule has 1 atom stereocenters. The lowest BCUT2D eigenvalue weighted by atomic mass is 9.78. The van der Waals surface area contributed by atoms with Crippen LogP contribution in [0.15, 0.2) is 88.4 Å². The fourth-order valence-corrected chi connectivity index (χ4v) is 3.86. The number of halogens is 2. The van der Waals surface area contributed by atoms with Crippen molar-refractivity contribution in [3.8, 4) is 11.5 Å². The Morgan fingerprint density at radius 2 is 1.69 bits per heavy atom. The lowest BCUT2D eigenvalue weighted by Gasteiger charge is -2.34. The Morgan fingerprint density at radius 1 is 1.00 bits per heavy atom. The molecule has 2 aromatic carbocycles. The maximum atomic E-state index is 13.4. The van der Waals surface area contributed by atoms with Gasteiger partial charge in [-0.1, -0.05) is 18.2 Å². The van der Waals surface area contributed by atoms with Gasteiger partial charge in [0, 0.05) is 18.8 Å². The molecule has 2 heterocycles. The fraction of sp³-hybridized carbons (Fsp3) is 0.182. The van der Waals surface area contributed by atoms with Crippen LogP contribution < -0.4 is 10.6 Å². The number of hydrogen-bond acceptors (Lipinski definition) is 4. The minimum Gasteiger partial charge on any atom is -0.457 e. The van der Waals surface area contributed by atoms with E-state index in [2.05, 4.69) is 4.99 Å². The van der Waals surface area contributed by atoms with E-state index >= 15 is 0 Å². The van der Waals surface area contributed by atoms with E-state index in [0.717, 1.165) is 11.3 Å². The first-order valence-corrected chi connectivity index (χ1v) is 9.38. The molecular formula is C22H19F2N4O+. The summed E-state index contributed by atoms with van der Waals surface area (Å²) in [5.74, 6) is 5.71. The summed E-state index contributed by atoms with van der Waals surface area (Å²) < 4.78 is 32.5. The second-order valence-electron chi connectivity index (χ2n) is 7.46. The van der Waals surface area contributed by atoms with Gasteiger partial charge in [0.2, 0.25) is 11.6 Å². The molecule has 2 aliphatic heterocycles. The van der Waals surface area contributed by atoms with E-state index in [-0.39, 0.29) is 23.4 Å². The van der Waals surface area contributed by atoms with Gasteiger partial charge >= 0.3 is 0 Å². The predicted octanol–water partition coefficient (Wildman–Crippen LogP) is 4.74. The molecule has 1 unspecified atom stereocenters. The molecule has 146 valence electrons. The maximum absolute atomic E-state index is 13.4. The number of quaternary nitrogens is 1. The van der Waals surface area contributed by atoms with Crippen LogP contribution in [0.5, 0.6) is 11.5 Å². The van der Waals surface area contributed by atoms with Gasteiger partial charge in [0.05, 0.1) is 18.0 Å². The average molecular weight is 393 g/mol. The number of alkyl halides is 2. The molecule has 29 heavy (non-hydrogen) atoms. The Hall–Kier alpha value is -3.16. The highest BCUT2D eigenvalue weighted by atomic mass is 19.3. The molecule has 3 aliphatic rings. The van der Waals surface area contributed by atoms with Gasteiger partial charge in [0.1, 0.15) is 23.4 Å². The highest BCUT2D eigenvalue weighted by Gasteiger charge is 2.53. The van der Waals surface area contributed by atoms with Crippen molar-refractivity contribution in [3.63, 3.8) is 0 Å². The van der Waals surface area contributed by atoms with Crippen LogP contribution in [-0.4, -0.2) is 22.6 Å². The summed E-state index contributed by atoms with van der Waals surface area (Å²) in [6.45, 7) is 0. The zero-order valence-corrected chi connectivity index (χ0v) is 15.5. The van der Waals surface area contributed by atoms with Crippen LogP contribution in [0.1, 0.15) is 18.4 Å². The second-order valence-corrected chi connectivity index (χ2v) is 7.46. The number of rotatable bonds is 4. The standard InChI is InChI=1S/C22H19F2N4O/c23-22(24)12-16(13-22)20-19-14-26-10-11-28(19,25)21(27-20)15-6-8-18(9-7-15)29-17-4-2-1-3-5-17/h1-11,14,16H,12-13,25H2/q+1. The highest BCUT2D eigenvalue weighted by Crippen LogP contribution is 2.49. The van der Waals surface area contributed by atoms with Crippen molar-refractivity contribution in [2.24, 2.45) is 21.7 Å². The maximum Gasteiger partial charge on any atom is 0.264 e. The molecule has 7 heteroatoms. The summed E-state index contributed by atoms with van der Waals surface area (Å²) in [6, 6.07) is 16.9. The first kappa shape index (κ1) is 17.9. The average Bonchev–Trinajstić information content (AvgIpc) is 3.00. The van der Waals surface area contributed by atoms with E-state index in [4.69, 9.17) is 15.6 Å². The third kappa shape index (κ3) is 3.08. The molecule has 0 bridgehead atoms. The van der Waals surface area contributed by atoms with Crippen LogP contribution in [0.3, 0.4) is 0 Å². The van der Waals surface area contributed by atoms with Crippen LogP contribution in [0.25, 0.3) is 0 Å². The normalized spacial score (nSPS) is 24.9. The largest absolute Gasteiger partial charge is 0.457 e. The Morgan fingerprint density at radius 3 is 2.38 bits per heavy atom. The summed E-state index contributed by atoms with van der Waals surface area (Å²) in [7, 11) is 0. The van der Waals surface area contributed by atoms with E-state index < -0.39 is 5.92 Å². The number of nitrogens with two attached hydrogens (primary N) is 1. The SMILES string of the molecule is N[N+]12C=CN=CC1=C(C1CC(F)(F)C1)N=C2c1ccc(Oc2ccccc2)cc1. The summed E-state index contributed by atoms with van der Waals surface area (Å²) in [6.07, 6.45) is 4.53. The predicted molar refractivity (Wildman–Crippen MR) is 106 cm³/mol. The topological polar surface area (TPSA) is 60.0 Å². The molecule has 2 aromatic rings. The number of amidine groups is 1. The van der Waals surface area contributed by atoms with Crippen molar-refractivity contribution < 1.29 is 18.1 Å². The minimum absolute atomic E-state index is 0.167. The van der Waals surface area contributed by atoms with Crippen LogP contribution in [0, 0.1) is 5.92 Å². The van der Waals surface area contributed by atoms with Gasteiger partial charge in [0.15, 0.2) is 0 Å². The number of hydrogen-bond donors (Lipinski definition) is 1. The van der Waals surface area contributed by atoms with Gasteiger partial charge < -0.3 is 4.74 Å². The number of aliphatic imine (C=N–C) groups is 2. The first-order chi connectivity index (χ1) is 13.9. The molecule has 0 radical (unpaired) electrons. The van der Waals surface area contributed by atoms with Gasteiger partial charge in [-0.15, -0.1) is 4.59 Å². The van der Waals surface area contributed by atoms with Gasteiger partial charge in [-0.25, -0.2) is 8.78 Å². The van der Waals surface area contributed by atoms with Gasteiger partial charge in [-0.2, -0.15) is 10.8 Å². The van der Waals surface area contributed by atoms with Crippen molar-refractivity contribution in [1.29, 1.82) is 0 Å². The van der Waals surface area contributed by atoms with E-state index in [1.807, 2.05) is 54.6 Å². The van der Waals surface area contributed by atoms with Crippen LogP contribution >= 0.6 is 0 Å². The fourth-order valence-electron chi connectivity index (χ4n) is 3.86. The van der Waals surface area contributed by atoms with Crippen molar-refractivity contribution in [1.82, 2.24) is 0 Å². The Balaban J connectivity index is 1.45. The molecule has 0 amide bonds. The van der Waals surface area contributed by atoms with Gasteiger partial charge in [0.25, 0.3) is 5.84 Å². The molecule has 5 nitrogen and oxygen atoms in total. The monoisotopic (exact) mass is 393 g/mol. The molecule has 1 fully saturated rings. The number of para-hydroxylation sites is 1. The van der Waals surface area contributed by atoms with Crippen molar-refractivity contribution >= 4 is 12.1 Å². The Kier molecular flexibility index (Phi) is 3.97.